The minimum Gasteiger partial charge on any atom is -0.495 e. The van der Waals surface area contributed by atoms with Gasteiger partial charge >= 0.3 is 0 Å². The van der Waals surface area contributed by atoms with Gasteiger partial charge in [0.15, 0.2) is 0 Å². The van der Waals surface area contributed by atoms with Gasteiger partial charge in [0.1, 0.15) is 11.4 Å². The largest absolute Gasteiger partial charge is 0.495 e. The molecule has 0 aliphatic rings. The Kier molecular flexibility index (Phi) is 6.36. The molecule has 7 heteroatoms. The first-order valence-electron chi connectivity index (χ1n) is 7.90. The fraction of sp³-hybridized carbons (Fsp3) is 0.278. The standard InChI is InChI=1S/C18H20ClN3O3/c1-4-22(5-2)18(24)12-8-9-20-15(10-12)17(23)21-13-6-7-16(25-3)14(19)11-13/h6-11H,4-5H2,1-3H3,(H,21,23). The van der Waals surface area contributed by atoms with Crippen LogP contribution in [0.1, 0.15) is 34.7 Å². The van der Waals surface area contributed by atoms with Crippen LogP contribution in [-0.4, -0.2) is 41.9 Å². The summed E-state index contributed by atoms with van der Waals surface area (Å²) in [5.41, 5.74) is 1.10. The first-order valence-corrected chi connectivity index (χ1v) is 8.28. The predicted molar refractivity (Wildman–Crippen MR) is 97.4 cm³/mol. The first-order chi connectivity index (χ1) is 12.0. The number of pyridine rings is 1. The number of ether oxygens (including phenoxy) is 1. The Morgan fingerprint density at radius 2 is 1.92 bits per heavy atom. The smallest absolute Gasteiger partial charge is 0.274 e. The quantitative estimate of drug-likeness (QED) is 0.855. The van der Waals surface area contributed by atoms with Gasteiger partial charge in [-0.1, -0.05) is 11.6 Å². The third-order valence-electron chi connectivity index (χ3n) is 3.70. The Balaban J connectivity index is 2.18. The lowest BCUT2D eigenvalue weighted by Crippen LogP contribution is -2.30. The second kappa shape index (κ2) is 8.48. The van der Waals surface area contributed by atoms with Crippen molar-refractivity contribution in [3.8, 4) is 5.75 Å². The Hall–Kier alpha value is -2.60. The van der Waals surface area contributed by atoms with E-state index in [4.69, 9.17) is 16.3 Å². The van der Waals surface area contributed by atoms with Gasteiger partial charge in [0, 0.05) is 30.5 Å². The van der Waals surface area contributed by atoms with E-state index in [1.165, 1.54) is 19.4 Å². The van der Waals surface area contributed by atoms with Crippen LogP contribution in [0.2, 0.25) is 5.02 Å². The van der Waals surface area contributed by atoms with E-state index in [1.54, 1.807) is 29.2 Å². The van der Waals surface area contributed by atoms with E-state index >= 15 is 0 Å². The first kappa shape index (κ1) is 18.7. The molecule has 132 valence electrons. The van der Waals surface area contributed by atoms with E-state index in [1.807, 2.05) is 13.8 Å². The average molecular weight is 362 g/mol. The summed E-state index contributed by atoms with van der Waals surface area (Å²) in [5.74, 6) is -0.0334. The molecule has 1 N–H and O–H groups in total. The maximum absolute atomic E-state index is 12.4. The molecule has 0 spiro atoms. The van der Waals surface area contributed by atoms with Gasteiger partial charge in [-0.2, -0.15) is 0 Å². The van der Waals surface area contributed by atoms with Crippen LogP contribution >= 0.6 is 11.6 Å². The number of nitrogens with zero attached hydrogens (tertiary/aromatic N) is 2. The summed E-state index contributed by atoms with van der Waals surface area (Å²) in [6.45, 7) is 5.01. The Morgan fingerprint density at radius 3 is 2.52 bits per heavy atom. The van der Waals surface area contributed by atoms with Crippen molar-refractivity contribution in [1.29, 1.82) is 0 Å². The number of aromatic nitrogens is 1. The van der Waals surface area contributed by atoms with Crippen LogP contribution in [0.25, 0.3) is 0 Å². The molecule has 1 heterocycles. The van der Waals surface area contributed by atoms with Crippen LogP contribution in [0.5, 0.6) is 5.75 Å². The lowest BCUT2D eigenvalue weighted by atomic mass is 10.2. The second-order valence-corrected chi connectivity index (χ2v) is 5.62. The Morgan fingerprint density at radius 1 is 1.20 bits per heavy atom. The van der Waals surface area contributed by atoms with Crippen molar-refractivity contribution >= 4 is 29.1 Å². The van der Waals surface area contributed by atoms with E-state index in [2.05, 4.69) is 10.3 Å². The zero-order valence-electron chi connectivity index (χ0n) is 14.4. The molecule has 2 rings (SSSR count). The molecule has 0 aliphatic heterocycles. The predicted octanol–water partition coefficient (Wildman–Crippen LogP) is 3.48. The summed E-state index contributed by atoms with van der Waals surface area (Å²) in [6, 6.07) is 8.01. The summed E-state index contributed by atoms with van der Waals surface area (Å²) in [6.07, 6.45) is 1.45. The highest BCUT2D eigenvalue weighted by atomic mass is 35.5. The number of benzene rings is 1. The summed E-state index contributed by atoms with van der Waals surface area (Å²) >= 11 is 6.05. The van der Waals surface area contributed by atoms with E-state index < -0.39 is 5.91 Å². The molecule has 25 heavy (non-hydrogen) atoms. The van der Waals surface area contributed by atoms with Crippen molar-refractivity contribution in [2.75, 3.05) is 25.5 Å². The monoisotopic (exact) mass is 361 g/mol. The maximum atomic E-state index is 12.4. The molecule has 0 saturated heterocycles. The van der Waals surface area contributed by atoms with Gasteiger partial charge in [-0.3, -0.25) is 14.6 Å². The van der Waals surface area contributed by atoms with E-state index in [9.17, 15) is 9.59 Å². The lowest BCUT2D eigenvalue weighted by Gasteiger charge is -2.18. The van der Waals surface area contributed by atoms with Gasteiger partial charge in [-0.25, -0.2) is 0 Å². The van der Waals surface area contributed by atoms with Gasteiger partial charge in [0.05, 0.1) is 12.1 Å². The number of methoxy groups -OCH3 is 1. The molecule has 0 aliphatic carbocycles. The van der Waals surface area contributed by atoms with Crippen molar-refractivity contribution in [1.82, 2.24) is 9.88 Å². The number of carbonyl (C=O) groups is 2. The lowest BCUT2D eigenvalue weighted by molar-refractivity contribution is 0.0773. The van der Waals surface area contributed by atoms with Crippen molar-refractivity contribution in [3.05, 3.63) is 52.8 Å². The number of nitrogens with one attached hydrogen (secondary N) is 1. The summed E-state index contributed by atoms with van der Waals surface area (Å²) in [4.78, 5) is 30.5. The summed E-state index contributed by atoms with van der Waals surface area (Å²) in [5, 5.41) is 3.10. The zero-order valence-corrected chi connectivity index (χ0v) is 15.1. The zero-order chi connectivity index (χ0) is 18.4. The second-order valence-electron chi connectivity index (χ2n) is 5.21. The molecule has 2 aromatic rings. The highest BCUT2D eigenvalue weighted by molar-refractivity contribution is 6.32. The number of anilines is 1. The average Bonchev–Trinajstić information content (AvgIpc) is 2.63. The third-order valence-corrected chi connectivity index (χ3v) is 4.00. The summed E-state index contributed by atoms with van der Waals surface area (Å²) in [7, 11) is 1.52. The fourth-order valence-electron chi connectivity index (χ4n) is 2.32. The van der Waals surface area contributed by atoms with Crippen molar-refractivity contribution in [2.45, 2.75) is 13.8 Å². The number of amides is 2. The molecular weight excluding hydrogens is 342 g/mol. The summed E-state index contributed by atoms with van der Waals surface area (Å²) < 4.78 is 5.08. The molecule has 6 nitrogen and oxygen atoms in total. The van der Waals surface area contributed by atoms with Gasteiger partial charge in [-0.05, 0) is 44.2 Å². The van der Waals surface area contributed by atoms with Crippen molar-refractivity contribution < 1.29 is 14.3 Å². The third kappa shape index (κ3) is 4.48. The molecule has 0 fully saturated rings. The minimum atomic E-state index is -0.421. The molecule has 0 atom stereocenters. The van der Waals surface area contributed by atoms with Crippen LogP contribution < -0.4 is 10.1 Å². The van der Waals surface area contributed by atoms with Crippen LogP contribution in [-0.2, 0) is 0 Å². The normalized spacial score (nSPS) is 10.2. The minimum absolute atomic E-state index is 0.131. The van der Waals surface area contributed by atoms with Gasteiger partial charge < -0.3 is 15.0 Å². The molecule has 0 unspecified atom stereocenters. The topological polar surface area (TPSA) is 71.5 Å². The van der Waals surface area contributed by atoms with E-state index in [0.29, 0.717) is 35.1 Å². The number of hydrogen-bond acceptors (Lipinski definition) is 4. The van der Waals surface area contributed by atoms with Gasteiger partial charge in [-0.15, -0.1) is 0 Å². The number of hydrogen-bond donors (Lipinski definition) is 1. The van der Waals surface area contributed by atoms with Crippen LogP contribution in [0, 0.1) is 0 Å². The molecule has 0 saturated carbocycles. The fourth-order valence-corrected chi connectivity index (χ4v) is 2.58. The Bertz CT molecular complexity index is 776. The van der Waals surface area contributed by atoms with Crippen molar-refractivity contribution in [2.24, 2.45) is 0 Å². The van der Waals surface area contributed by atoms with Gasteiger partial charge in [0.2, 0.25) is 0 Å². The highest BCUT2D eigenvalue weighted by Gasteiger charge is 2.16. The maximum Gasteiger partial charge on any atom is 0.274 e. The molecular formula is C18H20ClN3O3. The molecule has 1 aromatic carbocycles. The van der Waals surface area contributed by atoms with Crippen LogP contribution in [0.15, 0.2) is 36.5 Å². The molecule has 1 aromatic heterocycles. The van der Waals surface area contributed by atoms with Crippen LogP contribution in [0.4, 0.5) is 5.69 Å². The SMILES string of the molecule is CCN(CC)C(=O)c1ccnc(C(=O)Nc2ccc(OC)c(Cl)c2)c1. The van der Waals surface area contributed by atoms with Crippen LogP contribution in [0.3, 0.4) is 0 Å². The highest BCUT2D eigenvalue weighted by Crippen LogP contribution is 2.27. The van der Waals surface area contributed by atoms with Crippen molar-refractivity contribution in [3.63, 3.8) is 0 Å². The van der Waals surface area contributed by atoms with Gasteiger partial charge in [0.25, 0.3) is 11.8 Å². The molecule has 0 radical (unpaired) electrons. The molecule has 0 bridgehead atoms. The Labute approximate surface area is 151 Å². The number of halogens is 1. The van der Waals surface area contributed by atoms with E-state index in [0.717, 1.165) is 0 Å². The number of rotatable bonds is 6. The number of carbonyl (C=O) groups excluding carboxylic acids is 2. The molecule has 2 amide bonds. The van der Waals surface area contributed by atoms with E-state index in [-0.39, 0.29) is 11.6 Å².